The Kier molecular flexibility index (Phi) is 18.1. The monoisotopic (exact) mass is 1420 g/mol. The zero-order chi connectivity index (χ0) is 70.6. The van der Waals surface area contributed by atoms with Crippen molar-refractivity contribution in [3.8, 4) is 0 Å². The minimum Gasteiger partial charge on any atom is -0.353 e. The predicted molar refractivity (Wildman–Crippen MR) is 366 cm³/mol. The van der Waals surface area contributed by atoms with Crippen LogP contribution in [0.3, 0.4) is 0 Å². The van der Waals surface area contributed by atoms with E-state index in [0.717, 1.165) is 91.6 Å². The molecule has 0 radical (unpaired) electrons. The van der Waals surface area contributed by atoms with Gasteiger partial charge in [0.1, 0.15) is 34.4 Å². The normalized spacial score (nSPS) is 21.2. The molecule has 6 fully saturated rings. The van der Waals surface area contributed by atoms with Crippen molar-refractivity contribution in [1.82, 2.24) is 15.0 Å². The number of fused-ring (bicyclic) bond motifs is 3. The highest BCUT2D eigenvalue weighted by Gasteiger charge is 2.62. The molecule has 3 aromatic heterocycles. The number of rotatable bonds is 21. The summed E-state index contributed by atoms with van der Waals surface area (Å²) in [5.41, 5.74) is 13.2. The van der Waals surface area contributed by atoms with E-state index in [-0.39, 0.29) is 33.9 Å². The zero-order valence-electron chi connectivity index (χ0n) is 55.5. The molecular weight excluding hydrogens is 1350 g/mol. The number of sulfone groups is 3. The lowest BCUT2D eigenvalue weighted by Gasteiger charge is -2.26. The van der Waals surface area contributed by atoms with Crippen molar-refractivity contribution in [2.45, 2.75) is 187 Å². The van der Waals surface area contributed by atoms with Crippen molar-refractivity contribution in [2.75, 3.05) is 34.7 Å². The van der Waals surface area contributed by atoms with Crippen molar-refractivity contribution >= 4 is 115 Å². The van der Waals surface area contributed by atoms with Crippen LogP contribution in [0.4, 0.5) is 77.5 Å². The van der Waals surface area contributed by atoms with Gasteiger partial charge in [0.05, 0.1) is 101 Å². The largest absolute Gasteiger partial charge is 0.353 e. The summed E-state index contributed by atoms with van der Waals surface area (Å²) in [4.78, 5) is 64.6. The van der Waals surface area contributed by atoms with Crippen molar-refractivity contribution in [1.29, 1.82) is 0 Å². The molecule has 6 aliphatic carbocycles. The van der Waals surface area contributed by atoms with Crippen LogP contribution in [0.1, 0.15) is 166 Å². The van der Waals surface area contributed by atoms with Gasteiger partial charge >= 0.3 is 0 Å². The molecule has 3 aromatic carbocycles. The Balaban J connectivity index is 0.000000133. The van der Waals surface area contributed by atoms with Crippen LogP contribution in [0.25, 0.3) is 0 Å². The highest BCUT2D eigenvalue weighted by atomic mass is 32.2. The summed E-state index contributed by atoms with van der Waals surface area (Å²) < 4.78 is 155. The number of pyridine rings is 3. The lowest BCUT2D eigenvalue weighted by Crippen LogP contribution is -2.13. The summed E-state index contributed by atoms with van der Waals surface area (Å²) in [6.07, 6.45) is 13.0. The number of nitrogens with zero attached hydrogens (tertiary/aromatic N) is 6. The van der Waals surface area contributed by atoms with Crippen molar-refractivity contribution < 1.29 is 66.0 Å². The number of anilines is 6. The fourth-order valence-corrected chi connectivity index (χ4v) is 16.1. The summed E-state index contributed by atoms with van der Waals surface area (Å²) >= 11 is 0. The maximum Gasteiger partial charge on any atom is 0.258 e. The van der Waals surface area contributed by atoms with Crippen LogP contribution in [0.2, 0.25) is 0 Å². The topological polar surface area (TPSA) is 265 Å². The highest BCUT2D eigenvalue weighted by molar-refractivity contribution is 7.91. The maximum atomic E-state index is 13.3. The molecule has 0 bridgehead atoms. The van der Waals surface area contributed by atoms with Gasteiger partial charge in [0.2, 0.25) is 0 Å². The molecule has 3 atom stereocenters. The molecule has 3 N–H and O–H groups in total. The Labute approximate surface area is 570 Å². The minimum atomic E-state index is -3.52. The number of alkyl halides is 6. The second kappa shape index (κ2) is 25.8. The molecule has 18 nitrogen and oxygen atoms in total. The van der Waals surface area contributed by atoms with Gasteiger partial charge in [-0.25, -0.2) is 51.6 Å². The van der Waals surface area contributed by atoms with E-state index in [9.17, 15) is 66.0 Å². The first kappa shape index (κ1) is 69.4. The Morgan fingerprint density at radius 1 is 0.404 bits per heavy atom. The fourth-order valence-electron chi connectivity index (χ4n) is 13.5. The summed E-state index contributed by atoms with van der Waals surface area (Å²) in [7, 11) is -10.5. The number of carbonyl (C=O) groups excluding carboxylic acids is 3. The highest BCUT2D eigenvalue weighted by Crippen LogP contribution is 2.53. The number of hydrogen-bond acceptors (Lipinski definition) is 18. The van der Waals surface area contributed by atoms with E-state index in [1.807, 2.05) is 39.0 Å². The van der Waals surface area contributed by atoms with Gasteiger partial charge in [-0.3, -0.25) is 44.3 Å². The van der Waals surface area contributed by atoms with Crippen LogP contribution in [-0.2, 0) is 82.4 Å². The van der Waals surface area contributed by atoms with E-state index in [4.69, 9.17) is 0 Å². The van der Waals surface area contributed by atoms with Gasteiger partial charge in [0.25, 0.3) is 17.8 Å². The van der Waals surface area contributed by atoms with Gasteiger partial charge in [-0.2, -0.15) is 0 Å². The Hall–Kier alpha value is -8.04. The summed E-state index contributed by atoms with van der Waals surface area (Å²) in [5, 5.41) is 9.57. The number of halogens is 6. The molecule has 99 heavy (non-hydrogen) atoms. The number of aliphatic imine (C=N–C) groups is 3. The summed E-state index contributed by atoms with van der Waals surface area (Å²) in [6.45, 7) is 5.57. The molecule has 15 rings (SSSR count). The first-order valence-corrected chi connectivity index (χ1v) is 39.0. The molecule has 0 saturated heterocycles. The molecule has 27 heteroatoms. The van der Waals surface area contributed by atoms with Crippen molar-refractivity contribution in [3.05, 3.63) is 124 Å². The standard InChI is InChI=1S/3C24H25F2N3O3S/c3*1-13-8-19-23(27-13)20(10-16(28-19)11-21(30)17-12-24(17,25)26)29-18-7-6-15(14-4-3-5-14)9-22(18)33(2,31)32/h3*6-7,9-10,14,17H,3-5,8,11-12H2,1-2H3,(H,28,29)/t17-;;/m0../s1. The number of Topliss-reactive ketones (excluding diaryl/α,β-unsaturated/α-hetero) is 3. The smallest absolute Gasteiger partial charge is 0.258 e. The van der Waals surface area contributed by atoms with Gasteiger partial charge in [-0.15, -0.1) is 0 Å². The molecule has 6 aromatic rings. The van der Waals surface area contributed by atoms with E-state index < -0.39 is 102 Å². The Bertz CT molecular complexity index is 4380. The number of ketones is 3. The van der Waals surface area contributed by atoms with Gasteiger partial charge < -0.3 is 16.0 Å². The summed E-state index contributed by atoms with van der Waals surface area (Å²) in [6, 6.07) is 21.2. The fraction of sp³-hybridized carbons (Fsp3) is 0.458. The molecule has 0 spiro atoms. The van der Waals surface area contributed by atoms with Gasteiger partial charge in [0.15, 0.2) is 29.5 Å². The average molecular weight is 1420 g/mol. The first-order chi connectivity index (χ1) is 46.5. The van der Waals surface area contributed by atoms with E-state index >= 15 is 0 Å². The lowest BCUT2D eigenvalue weighted by molar-refractivity contribution is -0.122. The molecule has 3 aliphatic heterocycles. The number of benzene rings is 3. The third kappa shape index (κ3) is 15.2. The van der Waals surface area contributed by atoms with Crippen LogP contribution in [0.15, 0.2) is 102 Å². The summed E-state index contributed by atoms with van der Waals surface area (Å²) in [5.74, 6) is -12.9. The van der Waals surface area contributed by atoms with Crippen LogP contribution in [0, 0.1) is 17.8 Å². The van der Waals surface area contributed by atoms with E-state index in [1.165, 1.54) is 18.8 Å². The Morgan fingerprint density at radius 3 is 0.848 bits per heavy atom. The zero-order valence-corrected chi connectivity index (χ0v) is 57.9. The maximum absolute atomic E-state index is 13.3. The minimum absolute atomic E-state index is 0.194. The quantitative estimate of drug-likeness (QED) is 0.0566. The van der Waals surface area contributed by atoms with Crippen LogP contribution in [-0.4, -0.2) is 111 Å². The average Bonchev–Trinajstić information content (AvgIpc) is 1.70. The molecule has 2 unspecified atom stereocenters. The SMILES string of the molecule is CC1=Nc2c(Nc3ccc(C4CCC4)cc3S(C)(=O)=O)cc(CC(=O)C3CC3(F)F)nc2C1.CC1=Nc2c(Nc3ccc(C4CCC4)cc3S(C)(=O)=O)cc(CC(=O)C3CC3(F)F)nc2C1.CC1=Nc2c(Nc3ccc(C4CCC4)cc3S(C)(=O)=O)cc(CC(=O)[C@@H]3CC3(F)F)nc2C1. The third-order valence-electron chi connectivity index (χ3n) is 20.0. The molecular formula is C72H75F6N9O9S3. The van der Waals surface area contributed by atoms with Crippen LogP contribution in [0.5, 0.6) is 0 Å². The van der Waals surface area contributed by atoms with Gasteiger partial charge in [0, 0.05) is 93.7 Å². The number of nitrogens with one attached hydrogen (secondary N) is 3. The van der Waals surface area contributed by atoms with Crippen molar-refractivity contribution in [2.24, 2.45) is 32.7 Å². The predicted octanol–water partition coefficient (Wildman–Crippen LogP) is 14.7. The van der Waals surface area contributed by atoms with Gasteiger partial charge in [-0.05, 0) is 148 Å². The molecule has 522 valence electrons. The molecule has 6 heterocycles. The second-order valence-electron chi connectivity index (χ2n) is 28.3. The van der Waals surface area contributed by atoms with E-state index in [2.05, 4.69) is 45.9 Å². The van der Waals surface area contributed by atoms with Gasteiger partial charge in [-0.1, -0.05) is 37.5 Å². The number of carbonyl (C=O) groups is 3. The van der Waals surface area contributed by atoms with Crippen molar-refractivity contribution in [3.63, 3.8) is 0 Å². The molecule has 0 amide bonds. The first-order valence-electron chi connectivity index (χ1n) is 33.3. The van der Waals surface area contributed by atoms with E-state index in [1.54, 1.807) is 54.6 Å². The van der Waals surface area contributed by atoms with Crippen LogP contribution >= 0.6 is 0 Å². The van der Waals surface area contributed by atoms with Crippen LogP contribution < -0.4 is 16.0 Å². The third-order valence-corrected chi connectivity index (χ3v) is 23.4. The number of hydrogen-bond donors (Lipinski definition) is 3. The Morgan fingerprint density at radius 2 is 0.646 bits per heavy atom. The number of aromatic nitrogens is 3. The second-order valence-corrected chi connectivity index (χ2v) is 34.2. The molecule has 6 saturated carbocycles. The molecule has 9 aliphatic rings. The lowest BCUT2D eigenvalue weighted by atomic mass is 9.80. The van der Waals surface area contributed by atoms with E-state index in [0.29, 0.717) is 122 Å².